The van der Waals surface area contributed by atoms with Crippen LogP contribution in [0.2, 0.25) is 0 Å². The summed E-state index contributed by atoms with van der Waals surface area (Å²) in [6, 6.07) is 6.10. The number of anilines is 2. The maximum Gasteiger partial charge on any atom is 0.321 e. The summed E-state index contributed by atoms with van der Waals surface area (Å²) in [6.45, 7) is 7.42. The van der Waals surface area contributed by atoms with Gasteiger partial charge in [0, 0.05) is 37.6 Å². The number of aliphatic hydroxyl groups is 1. The van der Waals surface area contributed by atoms with Crippen LogP contribution in [0.3, 0.4) is 0 Å². The van der Waals surface area contributed by atoms with Gasteiger partial charge in [0.1, 0.15) is 0 Å². The predicted octanol–water partition coefficient (Wildman–Crippen LogP) is 2.83. The molecule has 0 bridgehead atoms. The summed E-state index contributed by atoms with van der Waals surface area (Å²) < 4.78 is 0. The molecule has 2 N–H and O–H groups in total. The van der Waals surface area contributed by atoms with E-state index < -0.39 is 6.10 Å². The Hall–Kier alpha value is -1.75. The molecule has 2 fully saturated rings. The van der Waals surface area contributed by atoms with Gasteiger partial charge in [-0.25, -0.2) is 4.79 Å². The molecule has 23 heavy (non-hydrogen) atoms. The molecule has 3 rings (SSSR count). The SMILES string of the molecule is Cc1cc(N2CCCC2)ccc1NC(=O)N1CCC(C)C(O)C1. The molecule has 0 aliphatic carbocycles. The van der Waals surface area contributed by atoms with Crippen LogP contribution in [-0.4, -0.2) is 48.3 Å². The van der Waals surface area contributed by atoms with E-state index in [9.17, 15) is 9.90 Å². The second-order valence-electron chi connectivity index (χ2n) is 6.90. The third-order valence-corrected chi connectivity index (χ3v) is 5.13. The number of β-amino-alcohol motifs (C(OH)–C–C–N with tert-alkyl or cyclic N) is 1. The van der Waals surface area contributed by atoms with E-state index in [4.69, 9.17) is 0 Å². The van der Waals surface area contributed by atoms with Crippen LogP contribution in [0.1, 0.15) is 31.7 Å². The number of aliphatic hydroxyl groups excluding tert-OH is 1. The Bertz CT molecular complexity index is 569. The molecule has 2 aliphatic heterocycles. The van der Waals surface area contributed by atoms with Gasteiger partial charge in [-0.3, -0.25) is 0 Å². The van der Waals surface area contributed by atoms with Gasteiger partial charge in [-0.1, -0.05) is 6.92 Å². The Labute approximate surface area is 138 Å². The van der Waals surface area contributed by atoms with Gasteiger partial charge in [0.25, 0.3) is 0 Å². The van der Waals surface area contributed by atoms with Gasteiger partial charge >= 0.3 is 6.03 Å². The molecule has 2 aliphatic rings. The molecule has 126 valence electrons. The summed E-state index contributed by atoms with van der Waals surface area (Å²) in [7, 11) is 0. The molecule has 1 aromatic carbocycles. The number of urea groups is 1. The topological polar surface area (TPSA) is 55.8 Å². The van der Waals surface area contributed by atoms with Crippen LogP contribution in [0.4, 0.5) is 16.2 Å². The zero-order valence-corrected chi connectivity index (χ0v) is 14.1. The molecule has 0 spiro atoms. The van der Waals surface area contributed by atoms with Gasteiger partial charge in [0.05, 0.1) is 6.10 Å². The first-order valence-electron chi connectivity index (χ1n) is 8.64. The number of piperidine rings is 1. The maximum absolute atomic E-state index is 12.4. The van der Waals surface area contributed by atoms with Gasteiger partial charge in [-0.2, -0.15) is 0 Å². The number of amides is 2. The van der Waals surface area contributed by atoms with Crippen molar-refractivity contribution in [1.29, 1.82) is 0 Å². The normalized spacial score (nSPS) is 24.8. The third-order valence-electron chi connectivity index (χ3n) is 5.13. The van der Waals surface area contributed by atoms with Crippen molar-refractivity contribution in [3.8, 4) is 0 Å². The molecular formula is C18H27N3O2. The van der Waals surface area contributed by atoms with Crippen LogP contribution < -0.4 is 10.2 Å². The molecule has 5 nitrogen and oxygen atoms in total. The van der Waals surface area contributed by atoms with Crippen molar-refractivity contribution < 1.29 is 9.90 Å². The van der Waals surface area contributed by atoms with E-state index in [1.165, 1.54) is 18.5 Å². The Morgan fingerprint density at radius 3 is 2.65 bits per heavy atom. The quantitative estimate of drug-likeness (QED) is 0.882. The number of hydrogen-bond acceptors (Lipinski definition) is 3. The van der Waals surface area contributed by atoms with Gasteiger partial charge in [-0.15, -0.1) is 0 Å². The number of benzene rings is 1. The van der Waals surface area contributed by atoms with Crippen LogP contribution in [0.5, 0.6) is 0 Å². The average molecular weight is 317 g/mol. The molecule has 0 radical (unpaired) electrons. The Morgan fingerprint density at radius 1 is 1.26 bits per heavy atom. The number of nitrogens with zero attached hydrogens (tertiary/aromatic N) is 2. The summed E-state index contributed by atoms with van der Waals surface area (Å²) in [5.41, 5.74) is 3.17. The second-order valence-corrected chi connectivity index (χ2v) is 6.90. The standard InChI is InChI=1S/C18H27N3O2/c1-13-7-10-21(12-17(13)22)18(23)19-16-6-5-15(11-14(16)2)20-8-3-4-9-20/h5-6,11,13,17,22H,3-4,7-10,12H2,1-2H3,(H,19,23). The Balaban J connectivity index is 1.64. The smallest absolute Gasteiger partial charge is 0.321 e. The minimum Gasteiger partial charge on any atom is -0.391 e. The maximum atomic E-state index is 12.4. The summed E-state index contributed by atoms with van der Waals surface area (Å²) in [5, 5.41) is 12.9. The van der Waals surface area contributed by atoms with Gasteiger partial charge in [0.2, 0.25) is 0 Å². The van der Waals surface area contributed by atoms with Crippen molar-refractivity contribution in [3.05, 3.63) is 23.8 Å². The zero-order valence-electron chi connectivity index (χ0n) is 14.1. The summed E-state index contributed by atoms with van der Waals surface area (Å²) >= 11 is 0. The molecule has 5 heteroatoms. The Kier molecular flexibility index (Phi) is 4.76. The largest absolute Gasteiger partial charge is 0.391 e. The third kappa shape index (κ3) is 3.61. The molecule has 1 aromatic rings. The number of rotatable bonds is 2. The van der Waals surface area contributed by atoms with E-state index in [1.807, 2.05) is 19.9 Å². The average Bonchev–Trinajstić information content (AvgIpc) is 3.06. The van der Waals surface area contributed by atoms with Crippen molar-refractivity contribution in [1.82, 2.24) is 4.90 Å². The van der Waals surface area contributed by atoms with Crippen LogP contribution in [0, 0.1) is 12.8 Å². The summed E-state index contributed by atoms with van der Waals surface area (Å²) in [5.74, 6) is 0.264. The van der Waals surface area contributed by atoms with E-state index in [1.54, 1.807) is 4.90 Å². The van der Waals surface area contributed by atoms with E-state index in [0.717, 1.165) is 30.8 Å². The molecular weight excluding hydrogens is 290 g/mol. The van der Waals surface area contributed by atoms with Crippen molar-refractivity contribution >= 4 is 17.4 Å². The van der Waals surface area contributed by atoms with Crippen molar-refractivity contribution in [2.24, 2.45) is 5.92 Å². The van der Waals surface area contributed by atoms with E-state index in [0.29, 0.717) is 13.1 Å². The van der Waals surface area contributed by atoms with Crippen LogP contribution in [0.15, 0.2) is 18.2 Å². The fourth-order valence-electron chi connectivity index (χ4n) is 3.39. The fraction of sp³-hybridized carbons (Fsp3) is 0.611. The molecule has 0 aromatic heterocycles. The fourth-order valence-corrected chi connectivity index (χ4v) is 3.39. The van der Waals surface area contributed by atoms with Gasteiger partial charge in [0.15, 0.2) is 0 Å². The molecule has 2 atom stereocenters. The van der Waals surface area contributed by atoms with E-state index in [-0.39, 0.29) is 11.9 Å². The molecule has 0 saturated carbocycles. The van der Waals surface area contributed by atoms with Crippen molar-refractivity contribution in [2.75, 3.05) is 36.4 Å². The first-order valence-corrected chi connectivity index (χ1v) is 8.64. The van der Waals surface area contributed by atoms with Gasteiger partial charge in [-0.05, 0) is 55.9 Å². The number of carbonyl (C=O) groups excluding carboxylic acids is 1. The lowest BCUT2D eigenvalue weighted by Gasteiger charge is -2.34. The number of likely N-dealkylation sites (tertiary alicyclic amines) is 1. The lowest BCUT2D eigenvalue weighted by Crippen LogP contribution is -2.47. The van der Waals surface area contributed by atoms with E-state index in [2.05, 4.69) is 22.3 Å². The number of nitrogens with one attached hydrogen (secondary N) is 1. The van der Waals surface area contributed by atoms with Crippen LogP contribution in [0.25, 0.3) is 0 Å². The number of carbonyl (C=O) groups is 1. The second kappa shape index (κ2) is 6.79. The number of hydrogen-bond donors (Lipinski definition) is 2. The first kappa shape index (κ1) is 16.1. The molecule has 2 unspecified atom stereocenters. The predicted molar refractivity (Wildman–Crippen MR) is 93.0 cm³/mol. The molecule has 2 amide bonds. The highest BCUT2D eigenvalue weighted by Crippen LogP contribution is 2.26. The summed E-state index contributed by atoms with van der Waals surface area (Å²) in [6.07, 6.45) is 2.94. The van der Waals surface area contributed by atoms with Gasteiger partial charge < -0.3 is 20.2 Å². The Morgan fingerprint density at radius 2 is 2.00 bits per heavy atom. The molecule has 2 saturated heterocycles. The van der Waals surface area contributed by atoms with E-state index >= 15 is 0 Å². The highest BCUT2D eigenvalue weighted by molar-refractivity contribution is 5.90. The molecule has 2 heterocycles. The van der Waals surface area contributed by atoms with Crippen molar-refractivity contribution in [2.45, 2.75) is 39.2 Å². The van der Waals surface area contributed by atoms with Crippen LogP contribution >= 0.6 is 0 Å². The summed E-state index contributed by atoms with van der Waals surface area (Å²) in [4.78, 5) is 16.5. The highest BCUT2D eigenvalue weighted by atomic mass is 16.3. The highest BCUT2D eigenvalue weighted by Gasteiger charge is 2.27. The lowest BCUT2D eigenvalue weighted by molar-refractivity contribution is 0.0464. The van der Waals surface area contributed by atoms with Crippen LogP contribution in [-0.2, 0) is 0 Å². The minimum atomic E-state index is -0.423. The van der Waals surface area contributed by atoms with Crippen molar-refractivity contribution in [3.63, 3.8) is 0 Å². The minimum absolute atomic E-state index is 0.118. The first-order chi connectivity index (χ1) is 11.0. The monoisotopic (exact) mass is 317 g/mol. The number of aryl methyl sites for hydroxylation is 1. The zero-order chi connectivity index (χ0) is 16.4. The lowest BCUT2D eigenvalue weighted by atomic mass is 9.96.